The first-order valence-electron chi connectivity index (χ1n) is 21.6. The normalized spacial score (nSPS) is 37.4. The summed E-state index contributed by atoms with van der Waals surface area (Å²) in [4.78, 5) is 39.4. The van der Waals surface area contributed by atoms with E-state index in [9.17, 15) is 41.1 Å². The van der Waals surface area contributed by atoms with Crippen molar-refractivity contribution in [2.75, 3.05) is 19.8 Å². The first kappa shape index (κ1) is 46.5. The summed E-state index contributed by atoms with van der Waals surface area (Å²) in [5.74, 6) is -1.80. The van der Waals surface area contributed by atoms with Gasteiger partial charge in [0.05, 0.1) is 29.6 Å². The third-order valence-electron chi connectivity index (χ3n) is 16.6. The Hall–Kier alpha value is -3.01. The molecule has 0 amide bonds. The zero-order chi connectivity index (χ0) is 44.4. The van der Waals surface area contributed by atoms with E-state index < -0.39 is 85.0 Å². The van der Waals surface area contributed by atoms with Gasteiger partial charge in [0.2, 0.25) is 10.0 Å². The molecular weight excluding hydrogens is 802 g/mol. The van der Waals surface area contributed by atoms with E-state index in [0.717, 1.165) is 43.9 Å². The number of carbonyl (C=O) groups is 3. The van der Waals surface area contributed by atoms with Crippen molar-refractivity contribution in [3.63, 3.8) is 0 Å². The average Bonchev–Trinajstić information content (AvgIpc) is 3.15. The van der Waals surface area contributed by atoms with Crippen LogP contribution in [0.5, 0.6) is 0 Å². The minimum atomic E-state index is -4.69. The molecule has 4 aliphatic carbocycles. The number of unbranched alkanes of at least 4 members (excludes halogenated alkanes) is 1. The van der Waals surface area contributed by atoms with Crippen molar-refractivity contribution in [1.82, 2.24) is 4.72 Å². The van der Waals surface area contributed by atoms with Gasteiger partial charge in [0.15, 0.2) is 0 Å². The van der Waals surface area contributed by atoms with Crippen LogP contribution in [0.15, 0.2) is 40.8 Å². The molecule has 1 aromatic carbocycles. The quantitative estimate of drug-likeness (QED) is 0.101. The fourth-order valence-electron chi connectivity index (χ4n) is 13.1. The number of hydrogen-bond donors (Lipinski definition) is 3. The molecule has 12 atom stereocenters. The fourth-order valence-corrected chi connectivity index (χ4v) is 14.2. The molecule has 6 rings (SSSR count). The summed E-state index contributed by atoms with van der Waals surface area (Å²) >= 11 is 0. The lowest BCUT2D eigenvalue weighted by molar-refractivity contribution is -0.263. The molecule has 2 bridgehead atoms. The van der Waals surface area contributed by atoms with E-state index in [1.807, 2.05) is 6.92 Å². The zero-order valence-electron chi connectivity index (χ0n) is 36.3. The second-order valence-corrected chi connectivity index (χ2v) is 21.8. The topological polar surface area (TPSA) is 171 Å². The fraction of sp³-hybridized carbons (Fsp3) is 0.756. The molecule has 11 nitrogen and oxygen atoms in total. The lowest BCUT2D eigenvalue weighted by Crippen LogP contribution is -2.70. The SMILES string of the molecule is CC(=O)O[C@@H]1C[C@@]23COC[C@@](C)([C@@H]2CC[C@H]2C3=CC[C@@]3(C)[C@H](C(=O)O)[C@@](C)([C@H](C)C(C)C)CC[C@]23C)[C@H]1OC(=O)C(N)CCCCNS(=O)(=O)c1cccc(C(F)(F)F)c1. The summed E-state index contributed by atoms with van der Waals surface area (Å²) in [5.41, 5.74) is 4.09. The highest BCUT2D eigenvalue weighted by molar-refractivity contribution is 7.89. The molecule has 0 aromatic heterocycles. The molecule has 1 heterocycles. The lowest BCUT2D eigenvalue weighted by atomic mass is 9.34. The number of sulfonamides is 1. The Balaban J connectivity index is 1.18. The lowest BCUT2D eigenvalue weighted by Gasteiger charge is -2.71. The molecule has 336 valence electrons. The van der Waals surface area contributed by atoms with Crippen molar-refractivity contribution in [3.8, 4) is 0 Å². The summed E-state index contributed by atoms with van der Waals surface area (Å²) in [6.45, 7) is 17.2. The van der Waals surface area contributed by atoms with Gasteiger partial charge in [0.1, 0.15) is 18.2 Å². The summed E-state index contributed by atoms with van der Waals surface area (Å²) < 4.78 is 85.9. The van der Waals surface area contributed by atoms with E-state index in [1.54, 1.807) is 0 Å². The number of benzene rings is 1. The molecule has 0 radical (unpaired) electrons. The Labute approximate surface area is 353 Å². The molecule has 5 aliphatic rings. The average molecular weight is 867 g/mol. The van der Waals surface area contributed by atoms with Crippen LogP contribution in [0.1, 0.15) is 119 Å². The number of alkyl halides is 3. The van der Waals surface area contributed by atoms with Gasteiger partial charge in [0.25, 0.3) is 0 Å². The smallest absolute Gasteiger partial charge is 0.416 e. The van der Waals surface area contributed by atoms with Crippen LogP contribution < -0.4 is 10.5 Å². The first-order chi connectivity index (χ1) is 27.8. The number of carbonyl (C=O) groups excluding carboxylic acids is 2. The predicted octanol–water partition coefficient (Wildman–Crippen LogP) is 7.91. The van der Waals surface area contributed by atoms with Gasteiger partial charge in [-0.2, -0.15) is 13.2 Å². The highest BCUT2D eigenvalue weighted by Crippen LogP contribution is 2.75. The molecule has 4 N–H and O–H groups in total. The minimum Gasteiger partial charge on any atom is -0.481 e. The van der Waals surface area contributed by atoms with Gasteiger partial charge in [0, 0.05) is 24.3 Å². The largest absolute Gasteiger partial charge is 0.481 e. The number of nitrogens with two attached hydrogens (primary N) is 1. The zero-order valence-corrected chi connectivity index (χ0v) is 37.1. The van der Waals surface area contributed by atoms with Crippen LogP contribution in [0.3, 0.4) is 0 Å². The molecule has 3 saturated carbocycles. The second-order valence-electron chi connectivity index (χ2n) is 20.1. The van der Waals surface area contributed by atoms with E-state index in [-0.39, 0.29) is 54.6 Å². The van der Waals surface area contributed by atoms with Gasteiger partial charge in [-0.25, -0.2) is 13.1 Å². The Bertz CT molecular complexity index is 1980. The maximum absolute atomic E-state index is 13.7. The second kappa shape index (κ2) is 16.3. The Morgan fingerprint density at radius 2 is 1.72 bits per heavy atom. The van der Waals surface area contributed by atoms with E-state index in [4.69, 9.17) is 19.9 Å². The van der Waals surface area contributed by atoms with E-state index >= 15 is 0 Å². The number of esters is 2. The Kier molecular flexibility index (Phi) is 12.6. The number of fused-ring (bicyclic) bond motifs is 3. The summed E-state index contributed by atoms with van der Waals surface area (Å²) in [6, 6.07) is 2.42. The van der Waals surface area contributed by atoms with Gasteiger partial charge < -0.3 is 25.1 Å². The Morgan fingerprint density at radius 3 is 2.35 bits per heavy atom. The molecule has 1 unspecified atom stereocenters. The number of halogens is 3. The van der Waals surface area contributed by atoms with E-state index in [0.29, 0.717) is 37.9 Å². The summed E-state index contributed by atoms with van der Waals surface area (Å²) in [6.07, 6.45) is 1.03. The van der Waals surface area contributed by atoms with Crippen molar-refractivity contribution >= 4 is 27.9 Å². The minimum absolute atomic E-state index is 0.0185. The van der Waals surface area contributed by atoms with Crippen LogP contribution in [0.25, 0.3) is 0 Å². The number of allylic oxidation sites excluding steroid dienone is 1. The molecule has 4 fully saturated rings. The predicted molar refractivity (Wildman–Crippen MR) is 217 cm³/mol. The maximum Gasteiger partial charge on any atom is 0.416 e. The summed E-state index contributed by atoms with van der Waals surface area (Å²) in [5, 5.41) is 11.0. The van der Waals surface area contributed by atoms with Crippen molar-refractivity contribution in [2.45, 2.75) is 142 Å². The number of carboxylic acids is 1. The van der Waals surface area contributed by atoms with Crippen LogP contribution >= 0.6 is 0 Å². The van der Waals surface area contributed by atoms with Crippen molar-refractivity contribution in [3.05, 3.63) is 41.5 Å². The van der Waals surface area contributed by atoms with Gasteiger partial charge in [-0.1, -0.05) is 72.6 Å². The Morgan fingerprint density at radius 1 is 1.02 bits per heavy atom. The van der Waals surface area contributed by atoms with E-state index in [2.05, 4.69) is 52.3 Å². The number of carboxylic acid groups (broad SMARTS) is 1. The molecule has 60 heavy (non-hydrogen) atoms. The van der Waals surface area contributed by atoms with Gasteiger partial charge in [-0.05, 0) is 109 Å². The molecular formula is C45H65F3N2O9S. The number of hydrogen-bond acceptors (Lipinski definition) is 9. The monoisotopic (exact) mass is 866 g/mol. The molecule has 1 aliphatic heterocycles. The van der Waals surface area contributed by atoms with Gasteiger partial charge in [-0.3, -0.25) is 14.4 Å². The third-order valence-corrected chi connectivity index (χ3v) is 18.1. The van der Waals surface area contributed by atoms with Crippen molar-refractivity contribution < 1.29 is 55.3 Å². The van der Waals surface area contributed by atoms with Crippen LogP contribution in [0.4, 0.5) is 13.2 Å². The van der Waals surface area contributed by atoms with Crippen LogP contribution in [-0.2, 0) is 44.8 Å². The maximum atomic E-state index is 13.7. The number of aliphatic carboxylic acids is 1. The third kappa shape index (κ3) is 7.73. The first-order valence-corrected chi connectivity index (χ1v) is 23.1. The van der Waals surface area contributed by atoms with Gasteiger partial charge in [-0.15, -0.1) is 0 Å². The summed E-state index contributed by atoms with van der Waals surface area (Å²) in [7, 11) is -4.21. The highest BCUT2D eigenvalue weighted by Gasteiger charge is 2.72. The van der Waals surface area contributed by atoms with Crippen molar-refractivity contribution in [1.29, 1.82) is 0 Å². The number of ether oxygens (including phenoxy) is 3. The van der Waals surface area contributed by atoms with Crippen LogP contribution in [-0.4, -0.2) is 69.4 Å². The van der Waals surface area contributed by atoms with Crippen molar-refractivity contribution in [2.24, 2.45) is 62.4 Å². The van der Waals surface area contributed by atoms with Crippen LogP contribution in [0, 0.1) is 56.7 Å². The molecule has 1 saturated heterocycles. The molecule has 15 heteroatoms. The number of rotatable bonds is 13. The van der Waals surface area contributed by atoms with Gasteiger partial charge >= 0.3 is 24.1 Å². The number of nitrogens with one attached hydrogen (secondary N) is 1. The highest BCUT2D eigenvalue weighted by atomic mass is 32.2. The molecule has 0 spiro atoms. The van der Waals surface area contributed by atoms with E-state index in [1.165, 1.54) is 12.5 Å². The molecule has 1 aromatic rings. The van der Waals surface area contributed by atoms with Crippen LogP contribution in [0.2, 0.25) is 0 Å². The standard InChI is InChI=1S/C45H65F3N2O9S/c1-26(2)27(3)40(5)19-20-42(7)31-15-16-35-41(6)24-57-25-44(35,32(31)17-18-43(42,8)36(40)38(52)53)23-34(58-28(4)51)37(41)59-39(54)33(49)14-9-10-21-50-60(55,56)30-13-11-12-29(22-30)45(46,47)48/h11-13,17,22,26-27,31,33-37,50H,9-10,14-16,18-21,23-25,49H2,1-8H3,(H,52,53)/t27-,31+,33?,34-,35+,36-,37+,40-,41+,42-,43+,44+/m1/s1.